The van der Waals surface area contributed by atoms with Gasteiger partial charge in [0.05, 0.1) is 6.10 Å². The van der Waals surface area contributed by atoms with E-state index >= 15 is 0 Å². The summed E-state index contributed by atoms with van der Waals surface area (Å²) in [6.45, 7) is 10.3. The van der Waals surface area contributed by atoms with Crippen molar-refractivity contribution in [2.45, 2.75) is 52.6 Å². The summed E-state index contributed by atoms with van der Waals surface area (Å²) in [4.78, 5) is 0. The minimum atomic E-state index is 0.292. The molecule has 0 saturated heterocycles. The number of ether oxygens (including phenoxy) is 1. The summed E-state index contributed by atoms with van der Waals surface area (Å²) in [5.74, 6) is 0.992. The smallest absolute Gasteiger partial charge is 0.123 e. The van der Waals surface area contributed by atoms with Crippen LogP contribution in [-0.4, -0.2) is 6.10 Å². The number of hydrogen-bond donors (Lipinski definition) is 0. The molecule has 0 amide bonds. The van der Waals surface area contributed by atoms with E-state index in [0.29, 0.717) is 6.10 Å². The Hall–Kier alpha value is -1.24. The first-order valence-electron chi connectivity index (χ1n) is 6.57. The van der Waals surface area contributed by atoms with Gasteiger partial charge in [-0.1, -0.05) is 44.6 Å². The highest BCUT2D eigenvalue weighted by Crippen LogP contribution is 2.24. The lowest BCUT2D eigenvalue weighted by Crippen LogP contribution is -2.12. The van der Waals surface area contributed by atoms with Crippen molar-refractivity contribution >= 4 is 6.08 Å². The van der Waals surface area contributed by atoms with Crippen LogP contribution in [0.25, 0.3) is 6.08 Å². The molecule has 0 aromatic heterocycles. The minimum Gasteiger partial charge on any atom is -0.490 e. The van der Waals surface area contributed by atoms with Crippen molar-refractivity contribution in [2.75, 3.05) is 0 Å². The average Bonchev–Trinajstić information content (AvgIpc) is 2.32. The van der Waals surface area contributed by atoms with E-state index in [1.165, 1.54) is 24.8 Å². The number of rotatable bonds is 7. The van der Waals surface area contributed by atoms with Crippen molar-refractivity contribution in [1.82, 2.24) is 0 Å². The van der Waals surface area contributed by atoms with Crippen LogP contribution in [0.1, 0.15) is 50.7 Å². The second-order valence-corrected chi connectivity index (χ2v) is 4.60. The van der Waals surface area contributed by atoms with Crippen LogP contribution in [0.15, 0.2) is 24.8 Å². The molecule has 0 radical (unpaired) electrons. The largest absolute Gasteiger partial charge is 0.490 e. The molecule has 0 aliphatic heterocycles. The van der Waals surface area contributed by atoms with Gasteiger partial charge in [0, 0.05) is 0 Å². The van der Waals surface area contributed by atoms with Gasteiger partial charge in [-0.05, 0) is 43.9 Å². The van der Waals surface area contributed by atoms with E-state index in [1.54, 1.807) is 0 Å². The fraction of sp³-hybridized carbons (Fsp3) is 0.500. The van der Waals surface area contributed by atoms with Crippen LogP contribution in [0.2, 0.25) is 0 Å². The SMILES string of the molecule is C=Cc1cccc(OC(C)CCCCC)c1C. The quantitative estimate of drug-likeness (QED) is 0.602. The van der Waals surface area contributed by atoms with E-state index in [1.807, 2.05) is 18.2 Å². The van der Waals surface area contributed by atoms with Crippen molar-refractivity contribution < 1.29 is 4.74 Å². The normalized spacial score (nSPS) is 12.2. The Balaban J connectivity index is 2.58. The van der Waals surface area contributed by atoms with Crippen LogP contribution in [0.5, 0.6) is 5.75 Å². The van der Waals surface area contributed by atoms with E-state index in [-0.39, 0.29) is 0 Å². The summed E-state index contributed by atoms with van der Waals surface area (Å²) < 4.78 is 5.99. The Labute approximate surface area is 106 Å². The number of unbranched alkanes of at least 4 members (excludes halogenated alkanes) is 2. The minimum absolute atomic E-state index is 0.292. The van der Waals surface area contributed by atoms with Crippen molar-refractivity contribution in [3.63, 3.8) is 0 Å². The maximum absolute atomic E-state index is 5.99. The van der Waals surface area contributed by atoms with Crippen LogP contribution in [0.3, 0.4) is 0 Å². The van der Waals surface area contributed by atoms with E-state index < -0.39 is 0 Å². The van der Waals surface area contributed by atoms with Crippen LogP contribution in [-0.2, 0) is 0 Å². The van der Waals surface area contributed by atoms with E-state index in [0.717, 1.165) is 17.7 Å². The third-order valence-electron chi connectivity index (χ3n) is 3.09. The van der Waals surface area contributed by atoms with Crippen LogP contribution in [0, 0.1) is 6.92 Å². The van der Waals surface area contributed by atoms with Gasteiger partial charge >= 0.3 is 0 Å². The van der Waals surface area contributed by atoms with Gasteiger partial charge in [-0.15, -0.1) is 0 Å². The predicted molar refractivity (Wildman–Crippen MR) is 75.5 cm³/mol. The highest BCUT2D eigenvalue weighted by Gasteiger charge is 2.07. The summed E-state index contributed by atoms with van der Waals surface area (Å²) in [5, 5.41) is 0. The summed E-state index contributed by atoms with van der Waals surface area (Å²) in [6.07, 6.45) is 7.10. The first-order valence-corrected chi connectivity index (χ1v) is 6.57. The summed E-state index contributed by atoms with van der Waals surface area (Å²) in [6, 6.07) is 6.13. The van der Waals surface area contributed by atoms with Crippen molar-refractivity contribution in [1.29, 1.82) is 0 Å². The second kappa shape index (κ2) is 7.16. The second-order valence-electron chi connectivity index (χ2n) is 4.60. The molecule has 0 N–H and O–H groups in total. The van der Waals surface area contributed by atoms with Crippen LogP contribution < -0.4 is 4.74 Å². The molecule has 0 spiro atoms. The third-order valence-corrected chi connectivity index (χ3v) is 3.09. The zero-order valence-electron chi connectivity index (χ0n) is 11.3. The fourth-order valence-corrected chi connectivity index (χ4v) is 1.94. The number of benzene rings is 1. The monoisotopic (exact) mass is 232 g/mol. The van der Waals surface area contributed by atoms with E-state index in [9.17, 15) is 0 Å². The van der Waals surface area contributed by atoms with Crippen LogP contribution >= 0.6 is 0 Å². The average molecular weight is 232 g/mol. The molecule has 0 aliphatic rings. The predicted octanol–water partition coefficient (Wildman–Crippen LogP) is 4.99. The molecule has 0 fully saturated rings. The maximum atomic E-state index is 5.99. The summed E-state index contributed by atoms with van der Waals surface area (Å²) in [5.41, 5.74) is 2.34. The molecule has 0 heterocycles. The molecule has 0 aliphatic carbocycles. The fourth-order valence-electron chi connectivity index (χ4n) is 1.94. The van der Waals surface area contributed by atoms with Crippen molar-refractivity contribution in [3.8, 4) is 5.75 Å². The molecule has 1 nitrogen and oxygen atoms in total. The highest BCUT2D eigenvalue weighted by molar-refractivity contribution is 5.55. The molecule has 1 aromatic rings. The molecule has 1 atom stereocenters. The molecule has 94 valence electrons. The maximum Gasteiger partial charge on any atom is 0.123 e. The first kappa shape index (κ1) is 13.8. The van der Waals surface area contributed by atoms with Gasteiger partial charge in [0.25, 0.3) is 0 Å². The molecule has 0 bridgehead atoms. The van der Waals surface area contributed by atoms with Gasteiger partial charge in [-0.3, -0.25) is 0 Å². The molecule has 1 rings (SSSR count). The standard InChI is InChI=1S/C16H24O/c1-5-7-8-10-13(3)17-16-12-9-11-15(6-2)14(16)4/h6,9,11-13H,2,5,7-8,10H2,1,3-4H3. The Bertz CT molecular complexity index is 355. The van der Waals surface area contributed by atoms with Gasteiger partial charge in [-0.25, -0.2) is 0 Å². The summed E-state index contributed by atoms with van der Waals surface area (Å²) >= 11 is 0. The van der Waals surface area contributed by atoms with Crippen molar-refractivity contribution in [2.24, 2.45) is 0 Å². The molecule has 1 unspecified atom stereocenters. The first-order chi connectivity index (χ1) is 8.19. The zero-order chi connectivity index (χ0) is 12.7. The highest BCUT2D eigenvalue weighted by atomic mass is 16.5. The lowest BCUT2D eigenvalue weighted by atomic mass is 10.1. The molecule has 17 heavy (non-hydrogen) atoms. The van der Waals surface area contributed by atoms with Crippen molar-refractivity contribution in [3.05, 3.63) is 35.9 Å². The van der Waals surface area contributed by atoms with Gasteiger partial charge in [0.2, 0.25) is 0 Å². The molecule has 1 aromatic carbocycles. The van der Waals surface area contributed by atoms with Gasteiger partial charge in [0.1, 0.15) is 5.75 Å². The molecular weight excluding hydrogens is 208 g/mol. The van der Waals surface area contributed by atoms with Gasteiger partial charge in [-0.2, -0.15) is 0 Å². The Kier molecular flexibility index (Phi) is 5.82. The Morgan fingerprint density at radius 3 is 2.76 bits per heavy atom. The molecular formula is C16H24O. The third kappa shape index (κ3) is 4.26. The lowest BCUT2D eigenvalue weighted by molar-refractivity contribution is 0.205. The van der Waals surface area contributed by atoms with Crippen LogP contribution in [0.4, 0.5) is 0 Å². The van der Waals surface area contributed by atoms with Gasteiger partial charge in [0.15, 0.2) is 0 Å². The lowest BCUT2D eigenvalue weighted by Gasteiger charge is -2.17. The number of hydrogen-bond acceptors (Lipinski definition) is 1. The van der Waals surface area contributed by atoms with E-state index in [2.05, 4.69) is 33.4 Å². The van der Waals surface area contributed by atoms with Gasteiger partial charge < -0.3 is 4.74 Å². The molecule has 0 saturated carbocycles. The topological polar surface area (TPSA) is 9.23 Å². The summed E-state index contributed by atoms with van der Waals surface area (Å²) in [7, 11) is 0. The Morgan fingerprint density at radius 1 is 1.35 bits per heavy atom. The Morgan fingerprint density at radius 2 is 2.12 bits per heavy atom. The van der Waals surface area contributed by atoms with E-state index in [4.69, 9.17) is 4.74 Å². The zero-order valence-corrected chi connectivity index (χ0v) is 11.3. The molecule has 1 heteroatoms.